The number of carbonyl (C=O) groups is 1. The molecule has 1 aromatic rings. The van der Waals surface area contributed by atoms with Crippen molar-refractivity contribution < 1.29 is 4.79 Å². The first kappa shape index (κ1) is 14.9. The van der Waals surface area contributed by atoms with E-state index in [-0.39, 0.29) is 6.03 Å². The maximum atomic E-state index is 12.2. The van der Waals surface area contributed by atoms with Crippen molar-refractivity contribution in [3.8, 4) is 0 Å². The van der Waals surface area contributed by atoms with Gasteiger partial charge in [0.25, 0.3) is 0 Å². The first-order valence-electron chi connectivity index (χ1n) is 8.03. The number of urea groups is 1. The van der Waals surface area contributed by atoms with Crippen LogP contribution in [0.5, 0.6) is 0 Å². The third kappa shape index (κ3) is 3.77. The summed E-state index contributed by atoms with van der Waals surface area (Å²) in [6.07, 6.45) is 3.59. The van der Waals surface area contributed by atoms with Gasteiger partial charge in [0.15, 0.2) is 0 Å². The Bertz CT molecular complexity index is 480. The summed E-state index contributed by atoms with van der Waals surface area (Å²) in [7, 11) is 0. The molecule has 0 aromatic carbocycles. The fraction of sp³-hybridized carbons (Fsp3) is 0.688. The Labute approximate surface area is 131 Å². The first-order chi connectivity index (χ1) is 10.2. The van der Waals surface area contributed by atoms with Gasteiger partial charge in [-0.1, -0.05) is 6.92 Å². The number of piperidine rings is 1. The van der Waals surface area contributed by atoms with Crippen molar-refractivity contribution in [2.75, 3.05) is 32.7 Å². The molecule has 1 fully saturated rings. The van der Waals surface area contributed by atoms with Gasteiger partial charge in [-0.15, -0.1) is 11.3 Å². The Morgan fingerprint density at radius 3 is 3.00 bits per heavy atom. The number of nitrogens with one attached hydrogen (secondary N) is 1. The molecular weight excluding hydrogens is 282 g/mol. The van der Waals surface area contributed by atoms with Crippen molar-refractivity contribution in [3.63, 3.8) is 0 Å². The second-order valence-corrected chi connectivity index (χ2v) is 7.30. The Balaban J connectivity index is 1.39. The lowest BCUT2D eigenvalue weighted by Crippen LogP contribution is -2.45. The molecule has 3 rings (SSSR count). The van der Waals surface area contributed by atoms with Gasteiger partial charge < -0.3 is 15.1 Å². The van der Waals surface area contributed by atoms with Crippen LogP contribution in [0.25, 0.3) is 0 Å². The van der Waals surface area contributed by atoms with E-state index in [0.717, 1.165) is 38.5 Å². The van der Waals surface area contributed by atoms with E-state index in [1.54, 1.807) is 0 Å². The monoisotopic (exact) mass is 307 g/mol. The molecule has 2 amide bonds. The van der Waals surface area contributed by atoms with Crippen molar-refractivity contribution in [3.05, 3.63) is 21.9 Å². The van der Waals surface area contributed by atoms with Crippen LogP contribution in [0.3, 0.4) is 0 Å². The average molecular weight is 307 g/mol. The van der Waals surface area contributed by atoms with Crippen molar-refractivity contribution in [1.82, 2.24) is 15.1 Å². The second kappa shape index (κ2) is 6.79. The molecule has 0 unspecified atom stereocenters. The largest absolute Gasteiger partial charge is 0.337 e. The minimum Gasteiger partial charge on any atom is -0.337 e. The molecule has 1 saturated heterocycles. The van der Waals surface area contributed by atoms with Crippen LogP contribution in [0.2, 0.25) is 0 Å². The lowest BCUT2D eigenvalue weighted by atomic mass is 9.99. The van der Waals surface area contributed by atoms with E-state index < -0.39 is 0 Å². The number of fused-ring (bicyclic) bond motifs is 1. The fourth-order valence-corrected chi connectivity index (χ4v) is 4.03. The molecule has 116 valence electrons. The fourth-order valence-electron chi connectivity index (χ4n) is 3.14. The molecular formula is C16H25N3OS. The van der Waals surface area contributed by atoms with Crippen molar-refractivity contribution in [2.24, 2.45) is 5.92 Å². The Hall–Kier alpha value is -1.07. The summed E-state index contributed by atoms with van der Waals surface area (Å²) in [6, 6.07) is 2.24. The number of hydrogen-bond acceptors (Lipinski definition) is 3. The highest BCUT2D eigenvalue weighted by Gasteiger charge is 2.21. The normalized spacial score (nSPS) is 20.3. The highest BCUT2D eigenvalue weighted by Crippen LogP contribution is 2.23. The molecule has 2 aliphatic rings. The Morgan fingerprint density at radius 1 is 1.38 bits per heavy atom. The average Bonchev–Trinajstić information content (AvgIpc) is 2.96. The highest BCUT2D eigenvalue weighted by molar-refractivity contribution is 7.10. The summed E-state index contributed by atoms with van der Waals surface area (Å²) in [5, 5.41) is 5.21. The van der Waals surface area contributed by atoms with Crippen LogP contribution in [0.15, 0.2) is 11.4 Å². The van der Waals surface area contributed by atoms with E-state index in [0.29, 0.717) is 0 Å². The molecule has 5 heteroatoms. The van der Waals surface area contributed by atoms with Gasteiger partial charge in [0.1, 0.15) is 0 Å². The van der Waals surface area contributed by atoms with Crippen molar-refractivity contribution in [1.29, 1.82) is 0 Å². The van der Waals surface area contributed by atoms with Crippen LogP contribution in [0.1, 0.15) is 30.2 Å². The number of likely N-dealkylation sites (tertiary alicyclic amines) is 1. The SMILES string of the molecule is CC1CCN(CCNC(=O)N2CCc3sccc3C2)CC1. The first-order valence-corrected chi connectivity index (χ1v) is 8.90. The molecule has 4 nitrogen and oxygen atoms in total. The molecule has 0 saturated carbocycles. The van der Waals surface area contributed by atoms with Gasteiger partial charge in [0.2, 0.25) is 0 Å². The maximum absolute atomic E-state index is 12.2. The van der Waals surface area contributed by atoms with E-state index in [1.165, 1.54) is 36.4 Å². The number of carbonyl (C=O) groups excluding carboxylic acids is 1. The second-order valence-electron chi connectivity index (χ2n) is 6.30. The molecule has 3 heterocycles. The Kier molecular flexibility index (Phi) is 4.80. The van der Waals surface area contributed by atoms with Crippen LogP contribution in [0, 0.1) is 5.92 Å². The summed E-state index contributed by atoms with van der Waals surface area (Å²) >= 11 is 1.81. The molecule has 0 bridgehead atoms. The van der Waals surface area contributed by atoms with E-state index in [2.05, 4.69) is 28.6 Å². The van der Waals surface area contributed by atoms with Crippen LogP contribution in [-0.4, -0.2) is 48.6 Å². The predicted octanol–water partition coefficient (Wildman–Crippen LogP) is 2.55. The van der Waals surface area contributed by atoms with Gasteiger partial charge in [0.05, 0.1) is 0 Å². The zero-order valence-electron chi connectivity index (χ0n) is 12.8. The molecule has 2 aliphatic heterocycles. The van der Waals surface area contributed by atoms with Gasteiger partial charge >= 0.3 is 6.03 Å². The van der Waals surface area contributed by atoms with Gasteiger partial charge in [-0.05, 0) is 55.3 Å². The van der Waals surface area contributed by atoms with E-state index in [9.17, 15) is 4.79 Å². The maximum Gasteiger partial charge on any atom is 0.317 e. The number of thiophene rings is 1. The number of hydrogen-bond donors (Lipinski definition) is 1. The van der Waals surface area contributed by atoms with Gasteiger partial charge in [-0.2, -0.15) is 0 Å². The van der Waals surface area contributed by atoms with Gasteiger partial charge in [-0.3, -0.25) is 0 Å². The van der Waals surface area contributed by atoms with E-state index >= 15 is 0 Å². The van der Waals surface area contributed by atoms with Crippen LogP contribution < -0.4 is 5.32 Å². The summed E-state index contributed by atoms with van der Waals surface area (Å²) in [6.45, 7) is 8.05. The summed E-state index contributed by atoms with van der Waals surface area (Å²) in [5.74, 6) is 0.865. The van der Waals surface area contributed by atoms with Crippen LogP contribution in [0.4, 0.5) is 4.79 Å². The quantitative estimate of drug-likeness (QED) is 0.931. The number of amides is 2. The molecule has 0 aliphatic carbocycles. The lowest BCUT2D eigenvalue weighted by Gasteiger charge is -2.31. The van der Waals surface area contributed by atoms with E-state index in [1.807, 2.05) is 16.2 Å². The van der Waals surface area contributed by atoms with Gasteiger partial charge in [0, 0.05) is 31.1 Å². The predicted molar refractivity (Wildman–Crippen MR) is 86.7 cm³/mol. The number of rotatable bonds is 3. The van der Waals surface area contributed by atoms with Crippen LogP contribution in [-0.2, 0) is 13.0 Å². The highest BCUT2D eigenvalue weighted by atomic mass is 32.1. The van der Waals surface area contributed by atoms with Crippen LogP contribution >= 0.6 is 11.3 Å². The zero-order valence-corrected chi connectivity index (χ0v) is 13.6. The third-order valence-electron chi connectivity index (χ3n) is 4.68. The lowest BCUT2D eigenvalue weighted by molar-refractivity contribution is 0.178. The molecule has 1 aromatic heterocycles. The van der Waals surface area contributed by atoms with Gasteiger partial charge in [-0.25, -0.2) is 4.79 Å². The molecule has 0 atom stereocenters. The molecule has 1 N–H and O–H groups in total. The minimum atomic E-state index is 0.0947. The third-order valence-corrected chi connectivity index (χ3v) is 5.70. The summed E-state index contributed by atoms with van der Waals surface area (Å²) in [5.41, 5.74) is 1.33. The zero-order chi connectivity index (χ0) is 14.7. The minimum absolute atomic E-state index is 0.0947. The van der Waals surface area contributed by atoms with E-state index in [4.69, 9.17) is 0 Å². The molecule has 0 radical (unpaired) electrons. The molecule has 21 heavy (non-hydrogen) atoms. The number of nitrogens with zero attached hydrogens (tertiary/aromatic N) is 2. The smallest absolute Gasteiger partial charge is 0.317 e. The molecule has 0 spiro atoms. The van der Waals surface area contributed by atoms with Crippen molar-refractivity contribution >= 4 is 17.4 Å². The standard InChI is InChI=1S/C16H25N3OS/c1-13-2-7-18(8-3-13)10-6-17-16(20)19-9-4-15-14(12-19)5-11-21-15/h5,11,13H,2-4,6-10,12H2,1H3,(H,17,20). The van der Waals surface area contributed by atoms with Crippen molar-refractivity contribution in [2.45, 2.75) is 32.7 Å². The summed E-state index contributed by atoms with van der Waals surface area (Å²) in [4.78, 5) is 18.1. The summed E-state index contributed by atoms with van der Waals surface area (Å²) < 4.78 is 0. The Morgan fingerprint density at radius 2 is 2.19 bits per heavy atom. The topological polar surface area (TPSA) is 35.6 Å².